The van der Waals surface area contributed by atoms with Crippen LogP contribution in [0.5, 0.6) is 0 Å². The topological polar surface area (TPSA) is 92.3 Å². The van der Waals surface area contributed by atoms with Crippen LogP contribution in [-0.2, 0) is 10.0 Å². The zero-order chi connectivity index (χ0) is 20.0. The second kappa shape index (κ2) is 8.92. The SMILES string of the molecule is CCS(=O)(=O)NCCNC(=O)c1ccccc1C(=O)c1ccc(C)c(C)c1. The van der Waals surface area contributed by atoms with Gasteiger partial charge in [-0.15, -0.1) is 0 Å². The average Bonchev–Trinajstić information content (AvgIpc) is 2.66. The highest BCUT2D eigenvalue weighted by Crippen LogP contribution is 2.17. The summed E-state index contributed by atoms with van der Waals surface area (Å²) in [6, 6.07) is 12.0. The second-order valence-electron chi connectivity index (χ2n) is 6.23. The van der Waals surface area contributed by atoms with Gasteiger partial charge in [-0.1, -0.05) is 30.3 Å². The van der Waals surface area contributed by atoms with Crippen LogP contribution >= 0.6 is 0 Å². The third-order valence-corrected chi connectivity index (χ3v) is 5.70. The molecule has 0 aromatic heterocycles. The zero-order valence-corrected chi connectivity index (χ0v) is 16.5. The first-order chi connectivity index (χ1) is 12.7. The number of amides is 1. The van der Waals surface area contributed by atoms with Crippen molar-refractivity contribution >= 4 is 21.7 Å². The molecule has 6 nitrogen and oxygen atoms in total. The summed E-state index contributed by atoms with van der Waals surface area (Å²) in [5.74, 6) is -0.664. The van der Waals surface area contributed by atoms with Crippen LogP contribution in [0, 0.1) is 13.8 Å². The van der Waals surface area contributed by atoms with Crippen molar-refractivity contribution in [3.8, 4) is 0 Å². The molecule has 0 aliphatic rings. The lowest BCUT2D eigenvalue weighted by Crippen LogP contribution is -2.35. The van der Waals surface area contributed by atoms with Crippen molar-refractivity contribution in [2.75, 3.05) is 18.8 Å². The van der Waals surface area contributed by atoms with Gasteiger partial charge < -0.3 is 5.32 Å². The molecular weight excluding hydrogens is 364 g/mol. The van der Waals surface area contributed by atoms with Crippen molar-refractivity contribution in [3.05, 3.63) is 70.3 Å². The lowest BCUT2D eigenvalue weighted by molar-refractivity contribution is 0.0943. The van der Waals surface area contributed by atoms with Crippen LogP contribution in [0.4, 0.5) is 0 Å². The molecule has 2 rings (SSSR count). The van der Waals surface area contributed by atoms with Gasteiger partial charge in [-0.25, -0.2) is 13.1 Å². The van der Waals surface area contributed by atoms with E-state index in [9.17, 15) is 18.0 Å². The molecule has 2 aromatic rings. The molecule has 0 heterocycles. The predicted molar refractivity (Wildman–Crippen MR) is 106 cm³/mol. The summed E-state index contributed by atoms with van der Waals surface area (Å²) < 4.78 is 25.2. The fraction of sp³-hybridized carbons (Fsp3) is 0.300. The summed E-state index contributed by atoms with van der Waals surface area (Å²) in [6.45, 7) is 5.66. The standard InChI is InChI=1S/C20H24N2O4S/c1-4-27(25,26)22-12-11-21-20(24)18-8-6-5-7-17(18)19(23)16-10-9-14(2)15(3)13-16/h5-10,13,22H,4,11-12H2,1-3H3,(H,21,24). The summed E-state index contributed by atoms with van der Waals surface area (Å²) in [4.78, 5) is 25.3. The molecule has 0 saturated carbocycles. The molecule has 1 amide bonds. The van der Waals surface area contributed by atoms with Gasteiger partial charge in [0.1, 0.15) is 0 Å². The maximum atomic E-state index is 12.9. The van der Waals surface area contributed by atoms with Gasteiger partial charge in [0.25, 0.3) is 5.91 Å². The fourth-order valence-corrected chi connectivity index (χ4v) is 3.11. The van der Waals surface area contributed by atoms with E-state index in [1.165, 1.54) is 6.92 Å². The van der Waals surface area contributed by atoms with E-state index in [0.717, 1.165) is 11.1 Å². The van der Waals surface area contributed by atoms with Gasteiger partial charge in [0.2, 0.25) is 10.0 Å². The van der Waals surface area contributed by atoms with Crippen molar-refractivity contribution in [1.82, 2.24) is 10.0 Å². The quantitative estimate of drug-likeness (QED) is 0.536. The Hall–Kier alpha value is -2.51. The Kier molecular flexibility index (Phi) is 6.87. The number of carbonyl (C=O) groups excluding carboxylic acids is 2. The maximum absolute atomic E-state index is 12.9. The molecule has 2 aromatic carbocycles. The molecule has 0 spiro atoms. The van der Waals surface area contributed by atoms with E-state index in [1.54, 1.807) is 30.3 Å². The lowest BCUT2D eigenvalue weighted by Gasteiger charge is -2.11. The van der Waals surface area contributed by atoms with Crippen molar-refractivity contribution in [2.24, 2.45) is 0 Å². The molecule has 0 fully saturated rings. The van der Waals surface area contributed by atoms with Crippen molar-refractivity contribution in [1.29, 1.82) is 0 Å². The highest BCUT2D eigenvalue weighted by atomic mass is 32.2. The summed E-state index contributed by atoms with van der Waals surface area (Å²) in [7, 11) is -3.30. The largest absolute Gasteiger partial charge is 0.351 e. The number of hydrogen-bond donors (Lipinski definition) is 2. The Morgan fingerprint density at radius 2 is 1.59 bits per heavy atom. The second-order valence-corrected chi connectivity index (χ2v) is 8.32. The highest BCUT2D eigenvalue weighted by molar-refractivity contribution is 7.89. The molecule has 0 aliphatic carbocycles. The molecule has 0 bridgehead atoms. The predicted octanol–water partition coefficient (Wildman–Crippen LogP) is 2.20. The smallest absolute Gasteiger partial charge is 0.252 e. The molecule has 2 N–H and O–H groups in total. The van der Waals surface area contributed by atoms with Crippen LogP contribution in [0.15, 0.2) is 42.5 Å². The molecule has 0 radical (unpaired) electrons. The number of ketones is 1. The van der Waals surface area contributed by atoms with E-state index in [2.05, 4.69) is 10.0 Å². The molecule has 0 atom stereocenters. The summed E-state index contributed by atoms with van der Waals surface area (Å²) in [5, 5.41) is 2.64. The van der Waals surface area contributed by atoms with E-state index in [1.807, 2.05) is 26.0 Å². The minimum absolute atomic E-state index is 0.0196. The average molecular weight is 388 g/mol. The molecule has 0 saturated heterocycles. The van der Waals surface area contributed by atoms with Crippen molar-refractivity contribution in [3.63, 3.8) is 0 Å². The summed E-state index contributed by atoms with van der Waals surface area (Å²) in [5.41, 5.74) is 3.19. The number of carbonyl (C=O) groups is 2. The monoisotopic (exact) mass is 388 g/mol. The number of aryl methyl sites for hydroxylation is 2. The molecule has 0 aliphatic heterocycles. The van der Waals surface area contributed by atoms with Crippen molar-refractivity contribution < 1.29 is 18.0 Å². The Morgan fingerprint density at radius 1 is 0.926 bits per heavy atom. The lowest BCUT2D eigenvalue weighted by atomic mass is 9.95. The molecule has 0 unspecified atom stereocenters. The fourth-order valence-electron chi connectivity index (χ4n) is 2.50. The van der Waals surface area contributed by atoms with Gasteiger partial charge in [-0.05, 0) is 44.0 Å². The normalized spacial score (nSPS) is 11.2. The highest BCUT2D eigenvalue weighted by Gasteiger charge is 2.18. The van der Waals surface area contributed by atoms with E-state index in [0.29, 0.717) is 11.1 Å². The summed E-state index contributed by atoms with van der Waals surface area (Å²) in [6.07, 6.45) is 0. The number of benzene rings is 2. The first-order valence-corrected chi connectivity index (χ1v) is 10.4. The van der Waals surface area contributed by atoms with Crippen LogP contribution in [0.2, 0.25) is 0 Å². The third-order valence-electron chi connectivity index (χ3n) is 4.30. The van der Waals surface area contributed by atoms with Crippen LogP contribution < -0.4 is 10.0 Å². The first kappa shape index (κ1) is 20.8. The van der Waals surface area contributed by atoms with E-state index in [-0.39, 0.29) is 30.2 Å². The Bertz CT molecular complexity index is 952. The molecule has 144 valence electrons. The van der Waals surface area contributed by atoms with Crippen LogP contribution in [0.3, 0.4) is 0 Å². The van der Waals surface area contributed by atoms with E-state index < -0.39 is 15.9 Å². The number of hydrogen-bond acceptors (Lipinski definition) is 4. The first-order valence-electron chi connectivity index (χ1n) is 8.71. The van der Waals surface area contributed by atoms with Gasteiger partial charge in [0.15, 0.2) is 5.78 Å². The maximum Gasteiger partial charge on any atom is 0.252 e. The summed E-state index contributed by atoms with van der Waals surface area (Å²) >= 11 is 0. The van der Waals surface area contributed by atoms with E-state index >= 15 is 0 Å². The van der Waals surface area contributed by atoms with Crippen LogP contribution in [0.25, 0.3) is 0 Å². The minimum atomic E-state index is -3.30. The number of sulfonamides is 1. The molecular formula is C20H24N2O4S. The minimum Gasteiger partial charge on any atom is -0.351 e. The third kappa shape index (κ3) is 5.48. The Balaban J connectivity index is 2.13. The molecule has 27 heavy (non-hydrogen) atoms. The van der Waals surface area contributed by atoms with Gasteiger partial charge >= 0.3 is 0 Å². The van der Waals surface area contributed by atoms with Gasteiger partial charge in [0.05, 0.1) is 11.3 Å². The number of nitrogens with one attached hydrogen (secondary N) is 2. The van der Waals surface area contributed by atoms with Gasteiger partial charge in [-0.3, -0.25) is 9.59 Å². The van der Waals surface area contributed by atoms with E-state index in [4.69, 9.17) is 0 Å². The Labute approximate surface area is 160 Å². The van der Waals surface area contributed by atoms with Crippen molar-refractivity contribution in [2.45, 2.75) is 20.8 Å². The van der Waals surface area contributed by atoms with Gasteiger partial charge in [-0.2, -0.15) is 0 Å². The van der Waals surface area contributed by atoms with Crippen LogP contribution in [0.1, 0.15) is 44.3 Å². The van der Waals surface area contributed by atoms with Gasteiger partial charge in [0, 0.05) is 24.2 Å². The van der Waals surface area contributed by atoms with Crippen LogP contribution in [-0.4, -0.2) is 39.0 Å². The zero-order valence-electron chi connectivity index (χ0n) is 15.7. The Morgan fingerprint density at radius 3 is 2.22 bits per heavy atom. The molecule has 7 heteroatoms. The number of rotatable bonds is 8.